The van der Waals surface area contributed by atoms with Crippen LogP contribution in [0.2, 0.25) is 0 Å². The molecule has 0 aliphatic carbocycles. The molecule has 2 fully saturated rings. The number of amides is 2. The molecule has 0 saturated carbocycles. The Morgan fingerprint density at radius 3 is 2.60 bits per heavy atom. The molecule has 2 aliphatic heterocycles. The Morgan fingerprint density at radius 2 is 2.13 bits per heavy atom. The van der Waals surface area contributed by atoms with Crippen molar-refractivity contribution < 1.29 is 9.59 Å². The van der Waals surface area contributed by atoms with Gasteiger partial charge in [-0.15, -0.1) is 0 Å². The summed E-state index contributed by atoms with van der Waals surface area (Å²) in [6, 6.07) is -0.348. The fraction of sp³-hybridized carbons (Fsp3) is 0.800. The number of likely N-dealkylation sites (tertiary alicyclic amines) is 1. The second-order valence-corrected chi connectivity index (χ2v) is 4.28. The summed E-state index contributed by atoms with van der Waals surface area (Å²) in [5.41, 5.74) is 5.21. The van der Waals surface area contributed by atoms with Gasteiger partial charge >= 0.3 is 0 Å². The first-order valence-electron chi connectivity index (χ1n) is 5.50. The van der Waals surface area contributed by atoms with Gasteiger partial charge in [-0.1, -0.05) is 0 Å². The van der Waals surface area contributed by atoms with E-state index in [1.165, 1.54) is 0 Å². The predicted molar refractivity (Wildman–Crippen MR) is 54.9 cm³/mol. The Balaban J connectivity index is 1.92. The molecule has 5 heteroatoms. The maximum atomic E-state index is 12.0. The van der Waals surface area contributed by atoms with Crippen LogP contribution >= 0.6 is 0 Å². The van der Waals surface area contributed by atoms with E-state index in [1.54, 1.807) is 4.90 Å². The Bertz CT molecular complexity index is 274. The van der Waals surface area contributed by atoms with Crippen molar-refractivity contribution in [2.24, 2.45) is 11.7 Å². The SMILES string of the molecule is NC(=O)C1CCN1C(=O)C1CCCNC1. The van der Waals surface area contributed by atoms with Gasteiger partial charge in [-0.3, -0.25) is 9.59 Å². The lowest BCUT2D eigenvalue weighted by molar-refractivity contribution is -0.149. The van der Waals surface area contributed by atoms with E-state index >= 15 is 0 Å². The van der Waals surface area contributed by atoms with Gasteiger partial charge in [-0.2, -0.15) is 0 Å². The van der Waals surface area contributed by atoms with E-state index in [1.807, 2.05) is 0 Å². The number of piperidine rings is 1. The molecular formula is C10H17N3O2. The third-order valence-corrected chi connectivity index (χ3v) is 3.28. The highest BCUT2D eigenvalue weighted by molar-refractivity contribution is 5.89. The van der Waals surface area contributed by atoms with Crippen molar-refractivity contribution in [2.75, 3.05) is 19.6 Å². The summed E-state index contributed by atoms with van der Waals surface area (Å²) in [4.78, 5) is 24.6. The predicted octanol–water partition coefficient (Wildman–Crippen LogP) is -0.928. The molecule has 0 aromatic heterocycles. The van der Waals surface area contributed by atoms with E-state index in [9.17, 15) is 9.59 Å². The van der Waals surface area contributed by atoms with E-state index < -0.39 is 0 Å². The molecule has 5 nitrogen and oxygen atoms in total. The van der Waals surface area contributed by atoms with Crippen molar-refractivity contribution in [1.82, 2.24) is 10.2 Å². The average molecular weight is 211 g/mol. The van der Waals surface area contributed by atoms with E-state index in [4.69, 9.17) is 5.73 Å². The normalized spacial score (nSPS) is 30.8. The van der Waals surface area contributed by atoms with Crippen molar-refractivity contribution in [3.63, 3.8) is 0 Å². The lowest BCUT2D eigenvalue weighted by atomic mass is 9.93. The Morgan fingerprint density at radius 1 is 1.33 bits per heavy atom. The minimum Gasteiger partial charge on any atom is -0.368 e. The van der Waals surface area contributed by atoms with Gasteiger partial charge in [0.25, 0.3) is 0 Å². The van der Waals surface area contributed by atoms with Gasteiger partial charge in [-0.25, -0.2) is 0 Å². The largest absolute Gasteiger partial charge is 0.368 e. The average Bonchev–Trinajstić information content (AvgIpc) is 2.16. The van der Waals surface area contributed by atoms with Gasteiger partial charge in [0.05, 0.1) is 5.92 Å². The molecule has 2 atom stereocenters. The van der Waals surface area contributed by atoms with E-state index in [0.29, 0.717) is 6.54 Å². The number of nitrogens with zero attached hydrogens (tertiary/aromatic N) is 1. The maximum absolute atomic E-state index is 12.0. The number of hydrogen-bond donors (Lipinski definition) is 2. The molecule has 3 N–H and O–H groups in total. The lowest BCUT2D eigenvalue weighted by Gasteiger charge is -2.41. The number of primary amides is 1. The van der Waals surface area contributed by atoms with Crippen LogP contribution in [-0.2, 0) is 9.59 Å². The van der Waals surface area contributed by atoms with Gasteiger partial charge < -0.3 is 16.0 Å². The van der Waals surface area contributed by atoms with Crippen LogP contribution < -0.4 is 11.1 Å². The molecule has 2 heterocycles. The maximum Gasteiger partial charge on any atom is 0.240 e. The first kappa shape index (κ1) is 10.4. The van der Waals surface area contributed by atoms with Gasteiger partial charge in [0.2, 0.25) is 11.8 Å². The fourth-order valence-electron chi connectivity index (χ4n) is 2.24. The summed E-state index contributed by atoms with van der Waals surface area (Å²) in [6.45, 7) is 2.41. The summed E-state index contributed by atoms with van der Waals surface area (Å²) in [5, 5.41) is 3.20. The molecule has 2 aliphatic rings. The molecule has 0 aromatic carbocycles. The molecular weight excluding hydrogens is 194 g/mol. The van der Waals surface area contributed by atoms with Crippen molar-refractivity contribution >= 4 is 11.8 Å². The van der Waals surface area contributed by atoms with Crippen molar-refractivity contribution in [1.29, 1.82) is 0 Å². The number of nitrogens with one attached hydrogen (secondary N) is 1. The zero-order valence-corrected chi connectivity index (χ0v) is 8.74. The molecule has 2 saturated heterocycles. The Kier molecular flexibility index (Phi) is 2.90. The minimum absolute atomic E-state index is 0.0425. The summed E-state index contributed by atoms with van der Waals surface area (Å²) >= 11 is 0. The molecule has 0 aromatic rings. The lowest BCUT2D eigenvalue weighted by Crippen LogP contribution is -2.59. The van der Waals surface area contributed by atoms with Crippen molar-refractivity contribution in [3.8, 4) is 0 Å². The molecule has 2 unspecified atom stereocenters. The topological polar surface area (TPSA) is 75.4 Å². The Hall–Kier alpha value is -1.10. The summed E-state index contributed by atoms with van der Waals surface area (Å²) in [6.07, 6.45) is 2.68. The van der Waals surface area contributed by atoms with Gasteiger partial charge in [0.1, 0.15) is 6.04 Å². The monoisotopic (exact) mass is 211 g/mol. The fourth-order valence-corrected chi connectivity index (χ4v) is 2.24. The van der Waals surface area contributed by atoms with Gasteiger partial charge in [0, 0.05) is 13.1 Å². The van der Waals surface area contributed by atoms with Crippen LogP contribution in [0.4, 0.5) is 0 Å². The van der Waals surface area contributed by atoms with Crippen LogP contribution in [-0.4, -0.2) is 42.4 Å². The zero-order chi connectivity index (χ0) is 10.8. The summed E-state index contributed by atoms with van der Waals surface area (Å²) in [7, 11) is 0. The molecule has 0 spiro atoms. The van der Waals surface area contributed by atoms with Crippen LogP contribution in [0.3, 0.4) is 0 Å². The highest BCUT2D eigenvalue weighted by Gasteiger charge is 2.39. The summed E-state index contributed by atoms with van der Waals surface area (Å²) < 4.78 is 0. The first-order valence-corrected chi connectivity index (χ1v) is 5.50. The Labute approximate surface area is 89.0 Å². The quantitative estimate of drug-likeness (QED) is 0.620. The van der Waals surface area contributed by atoms with Crippen LogP contribution in [0.5, 0.6) is 0 Å². The van der Waals surface area contributed by atoms with Crippen LogP contribution in [0.15, 0.2) is 0 Å². The number of carbonyl (C=O) groups is 2. The van der Waals surface area contributed by atoms with Crippen molar-refractivity contribution in [2.45, 2.75) is 25.3 Å². The second-order valence-electron chi connectivity index (χ2n) is 4.28. The number of carbonyl (C=O) groups excluding carboxylic acids is 2. The number of nitrogens with two attached hydrogens (primary N) is 1. The number of rotatable bonds is 2. The second kappa shape index (κ2) is 4.18. The van der Waals surface area contributed by atoms with Crippen LogP contribution in [0.1, 0.15) is 19.3 Å². The first-order chi connectivity index (χ1) is 7.20. The molecule has 0 radical (unpaired) electrons. The summed E-state index contributed by atoms with van der Waals surface area (Å²) in [5.74, 6) is -0.239. The highest BCUT2D eigenvalue weighted by atomic mass is 16.2. The van der Waals surface area contributed by atoms with Crippen LogP contribution in [0.25, 0.3) is 0 Å². The molecule has 84 valence electrons. The number of hydrogen-bond acceptors (Lipinski definition) is 3. The third kappa shape index (κ3) is 1.97. The van der Waals surface area contributed by atoms with Crippen LogP contribution in [0, 0.1) is 5.92 Å². The smallest absolute Gasteiger partial charge is 0.240 e. The van der Waals surface area contributed by atoms with E-state index in [-0.39, 0.29) is 23.8 Å². The van der Waals surface area contributed by atoms with Crippen molar-refractivity contribution in [3.05, 3.63) is 0 Å². The minimum atomic E-state index is -0.377. The molecule has 15 heavy (non-hydrogen) atoms. The van der Waals surface area contributed by atoms with E-state index in [0.717, 1.165) is 32.4 Å². The standard InChI is InChI=1S/C10H17N3O2/c11-9(14)8-3-5-13(8)10(15)7-2-1-4-12-6-7/h7-8,12H,1-6H2,(H2,11,14). The van der Waals surface area contributed by atoms with E-state index in [2.05, 4.69) is 5.32 Å². The molecule has 2 rings (SSSR count). The highest BCUT2D eigenvalue weighted by Crippen LogP contribution is 2.22. The third-order valence-electron chi connectivity index (χ3n) is 3.28. The molecule has 2 amide bonds. The molecule has 0 bridgehead atoms. The van der Waals surface area contributed by atoms with Gasteiger partial charge in [-0.05, 0) is 25.8 Å². The van der Waals surface area contributed by atoms with Gasteiger partial charge in [0.15, 0.2) is 0 Å². The zero-order valence-electron chi connectivity index (χ0n) is 8.74.